The molecule has 0 radical (unpaired) electrons. The molecule has 0 aromatic heterocycles. The zero-order valence-corrected chi connectivity index (χ0v) is 12.3. The van der Waals surface area contributed by atoms with Crippen molar-refractivity contribution in [1.29, 1.82) is 0 Å². The van der Waals surface area contributed by atoms with E-state index in [1.165, 1.54) is 37.8 Å². The molecule has 0 bridgehead atoms. The molecule has 0 aliphatic carbocycles. The first-order valence-corrected chi connectivity index (χ1v) is 9.03. The first-order valence-electron chi connectivity index (χ1n) is 5.89. The van der Waals surface area contributed by atoms with Gasteiger partial charge in [0.2, 0.25) is 0 Å². The summed E-state index contributed by atoms with van der Waals surface area (Å²) < 4.78 is 18.3. The number of hydrogen-bond acceptors (Lipinski definition) is 3. The maximum atomic E-state index is 9.16. The standard InChI is InChI=1S/C12H17N.Cl2O2S/c1-3-7-11(8-4-1)12-9-5-2-6-10-13-12;1-5(2,3)4/h1,3-4,7-8,12-13H,2,5-6,9-10H2;. The molecule has 0 amide bonds. The molecule has 1 saturated heterocycles. The quantitative estimate of drug-likeness (QED) is 0.806. The normalized spacial score (nSPS) is 20.4. The fourth-order valence-corrected chi connectivity index (χ4v) is 2.00. The van der Waals surface area contributed by atoms with E-state index >= 15 is 0 Å². The third-order valence-corrected chi connectivity index (χ3v) is 2.76. The van der Waals surface area contributed by atoms with E-state index < -0.39 is 8.26 Å². The van der Waals surface area contributed by atoms with E-state index in [4.69, 9.17) is 8.42 Å². The minimum absolute atomic E-state index is 0.601. The molecule has 1 aliphatic heterocycles. The summed E-state index contributed by atoms with van der Waals surface area (Å²) in [6, 6.07) is 11.4. The lowest BCUT2D eigenvalue weighted by atomic mass is 10.0. The molecule has 1 heterocycles. The topological polar surface area (TPSA) is 46.2 Å². The summed E-state index contributed by atoms with van der Waals surface area (Å²) in [5.41, 5.74) is 1.45. The zero-order valence-electron chi connectivity index (χ0n) is 9.98. The Morgan fingerprint density at radius 1 is 1.06 bits per heavy atom. The number of benzene rings is 1. The fraction of sp³-hybridized carbons (Fsp3) is 0.500. The third-order valence-electron chi connectivity index (χ3n) is 2.76. The molecule has 102 valence electrons. The van der Waals surface area contributed by atoms with Gasteiger partial charge in [0.1, 0.15) is 0 Å². The van der Waals surface area contributed by atoms with Crippen LogP contribution < -0.4 is 5.32 Å². The maximum absolute atomic E-state index is 9.16. The summed E-state index contributed by atoms with van der Waals surface area (Å²) in [7, 11) is 4.81. The van der Waals surface area contributed by atoms with Crippen LogP contribution in [0.25, 0.3) is 0 Å². The molecule has 1 fully saturated rings. The van der Waals surface area contributed by atoms with Gasteiger partial charge in [-0.2, -0.15) is 8.42 Å². The predicted octanol–water partition coefficient (Wildman–Crippen LogP) is 3.60. The third kappa shape index (κ3) is 7.93. The summed E-state index contributed by atoms with van der Waals surface area (Å²) in [5.74, 6) is 0. The smallest absolute Gasteiger partial charge is 0.310 e. The molecule has 6 heteroatoms. The summed E-state index contributed by atoms with van der Waals surface area (Å²) in [6.07, 6.45) is 5.39. The lowest BCUT2D eigenvalue weighted by Crippen LogP contribution is -2.19. The molecule has 2 rings (SSSR count). The Morgan fingerprint density at radius 3 is 2.28 bits per heavy atom. The van der Waals surface area contributed by atoms with Gasteiger partial charge in [-0.15, -0.1) is 0 Å². The Morgan fingerprint density at radius 2 is 1.67 bits per heavy atom. The summed E-state index contributed by atoms with van der Waals surface area (Å²) in [6.45, 7) is 1.18. The molecule has 0 spiro atoms. The molecule has 1 aromatic rings. The number of rotatable bonds is 1. The van der Waals surface area contributed by atoms with Gasteiger partial charge in [-0.3, -0.25) is 0 Å². The molecule has 18 heavy (non-hydrogen) atoms. The molecule has 1 N–H and O–H groups in total. The molecule has 1 aliphatic rings. The van der Waals surface area contributed by atoms with Crippen molar-refractivity contribution in [2.45, 2.75) is 31.7 Å². The molecule has 3 nitrogen and oxygen atoms in total. The van der Waals surface area contributed by atoms with Gasteiger partial charge in [0.15, 0.2) is 0 Å². The van der Waals surface area contributed by atoms with Crippen molar-refractivity contribution in [3.05, 3.63) is 35.9 Å². The summed E-state index contributed by atoms with van der Waals surface area (Å²) >= 11 is 0. The first-order chi connectivity index (χ1) is 8.47. The second-order valence-corrected chi connectivity index (χ2v) is 7.81. The summed E-state index contributed by atoms with van der Waals surface area (Å²) in [4.78, 5) is 0. The van der Waals surface area contributed by atoms with Gasteiger partial charge in [0.05, 0.1) is 0 Å². The molecule has 1 atom stereocenters. The van der Waals surface area contributed by atoms with Crippen LogP contribution >= 0.6 is 21.4 Å². The van der Waals surface area contributed by atoms with Crippen LogP contribution in [0.5, 0.6) is 0 Å². The number of halogens is 2. The van der Waals surface area contributed by atoms with E-state index in [1.54, 1.807) is 0 Å². The van der Waals surface area contributed by atoms with Gasteiger partial charge in [-0.1, -0.05) is 43.2 Å². The lowest BCUT2D eigenvalue weighted by molar-refractivity contribution is 0.535. The van der Waals surface area contributed by atoms with E-state index in [-0.39, 0.29) is 0 Å². The molecular formula is C12H17Cl2NO2S. The van der Waals surface area contributed by atoms with Crippen LogP contribution in [0.2, 0.25) is 0 Å². The highest BCUT2D eigenvalue weighted by atomic mass is 36.0. The first kappa shape index (κ1) is 15.8. The average molecular weight is 310 g/mol. The van der Waals surface area contributed by atoms with Gasteiger partial charge in [0, 0.05) is 27.4 Å². The van der Waals surface area contributed by atoms with Crippen molar-refractivity contribution in [3.8, 4) is 0 Å². The minimum atomic E-state index is -3.72. The highest BCUT2D eigenvalue weighted by Gasteiger charge is 2.12. The van der Waals surface area contributed by atoms with Crippen LogP contribution in [-0.4, -0.2) is 15.0 Å². The number of hydrogen-bond donors (Lipinski definition) is 1. The minimum Gasteiger partial charge on any atom is -0.310 e. The Kier molecular flexibility index (Phi) is 7.00. The van der Waals surface area contributed by atoms with Crippen molar-refractivity contribution in [2.24, 2.45) is 0 Å². The SMILES string of the molecule is O=S(=O)(Cl)Cl.c1ccc(C2CCCCCN2)cc1. The largest absolute Gasteiger partial charge is 0.317 e. The molecule has 0 saturated carbocycles. The predicted molar refractivity (Wildman–Crippen MR) is 76.3 cm³/mol. The highest BCUT2D eigenvalue weighted by molar-refractivity contribution is 8.31. The van der Waals surface area contributed by atoms with Crippen LogP contribution in [0.1, 0.15) is 37.3 Å². The van der Waals surface area contributed by atoms with Crippen LogP contribution in [0.3, 0.4) is 0 Å². The van der Waals surface area contributed by atoms with E-state index in [0.717, 1.165) is 0 Å². The van der Waals surface area contributed by atoms with Gasteiger partial charge < -0.3 is 5.32 Å². The Balaban J connectivity index is 0.000000280. The van der Waals surface area contributed by atoms with Crippen LogP contribution in [0, 0.1) is 0 Å². The monoisotopic (exact) mass is 309 g/mol. The highest BCUT2D eigenvalue weighted by Crippen LogP contribution is 2.21. The second kappa shape index (κ2) is 8.00. The molecule has 1 aromatic carbocycles. The van der Waals surface area contributed by atoms with Crippen LogP contribution in [-0.2, 0) is 8.26 Å². The van der Waals surface area contributed by atoms with Gasteiger partial charge in [-0.05, 0) is 24.9 Å². The Labute approximate surface area is 117 Å². The maximum Gasteiger partial charge on any atom is 0.317 e. The van der Waals surface area contributed by atoms with Crippen LogP contribution in [0.4, 0.5) is 0 Å². The van der Waals surface area contributed by atoms with Gasteiger partial charge >= 0.3 is 8.26 Å². The van der Waals surface area contributed by atoms with E-state index in [9.17, 15) is 0 Å². The Hall–Kier alpha value is -0.290. The number of nitrogens with one attached hydrogen (secondary N) is 1. The Bertz CT molecular complexity index is 421. The summed E-state index contributed by atoms with van der Waals surface area (Å²) in [5, 5.41) is 3.60. The van der Waals surface area contributed by atoms with Crippen molar-refractivity contribution >= 4 is 29.6 Å². The average Bonchev–Trinajstić information content (AvgIpc) is 2.56. The van der Waals surface area contributed by atoms with Crippen molar-refractivity contribution in [2.75, 3.05) is 6.54 Å². The lowest BCUT2D eigenvalue weighted by Gasteiger charge is -2.15. The van der Waals surface area contributed by atoms with Crippen LogP contribution in [0.15, 0.2) is 30.3 Å². The zero-order chi connectivity index (χ0) is 13.4. The second-order valence-electron chi connectivity index (χ2n) is 4.15. The van der Waals surface area contributed by atoms with Gasteiger partial charge in [0.25, 0.3) is 0 Å². The molecular weight excluding hydrogens is 293 g/mol. The van der Waals surface area contributed by atoms with Crippen molar-refractivity contribution < 1.29 is 8.42 Å². The van der Waals surface area contributed by atoms with E-state index in [1.807, 2.05) is 0 Å². The molecule has 1 unspecified atom stereocenters. The van der Waals surface area contributed by atoms with E-state index in [0.29, 0.717) is 6.04 Å². The van der Waals surface area contributed by atoms with Gasteiger partial charge in [-0.25, -0.2) is 0 Å². The fourth-order valence-electron chi connectivity index (χ4n) is 2.00. The van der Waals surface area contributed by atoms with Crippen molar-refractivity contribution in [1.82, 2.24) is 5.32 Å². The van der Waals surface area contributed by atoms with E-state index in [2.05, 4.69) is 57.0 Å². The van der Waals surface area contributed by atoms with Crippen molar-refractivity contribution in [3.63, 3.8) is 0 Å².